The van der Waals surface area contributed by atoms with Gasteiger partial charge in [0.05, 0.1) is 20.3 Å². The predicted molar refractivity (Wildman–Crippen MR) is 94.8 cm³/mol. The Balaban J connectivity index is 2.30. The molecular formula is C14H19N7O6S. The first-order valence-electron chi connectivity index (χ1n) is 8.01. The van der Waals surface area contributed by atoms with Crippen LogP contribution in [-0.2, 0) is 10.0 Å². The fourth-order valence-corrected chi connectivity index (χ4v) is 3.04. The van der Waals surface area contributed by atoms with Crippen molar-refractivity contribution in [3.63, 3.8) is 0 Å². The molecule has 152 valence electrons. The molecule has 28 heavy (non-hydrogen) atoms. The molecule has 2 heterocycles. The summed E-state index contributed by atoms with van der Waals surface area (Å²) in [7, 11) is -3.11. The zero-order valence-corrected chi connectivity index (χ0v) is 16.4. The van der Waals surface area contributed by atoms with Gasteiger partial charge in [-0.15, -0.1) is 0 Å². The lowest BCUT2D eigenvalue weighted by atomic mass is 10.6. The lowest BCUT2D eigenvalue weighted by Gasteiger charge is -2.14. The number of rotatable bonds is 8. The average molecular weight is 413 g/mol. The van der Waals surface area contributed by atoms with Gasteiger partial charge in [0.1, 0.15) is 12.2 Å². The second-order valence-electron chi connectivity index (χ2n) is 4.93. The van der Waals surface area contributed by atoms with Crippen molar-refractivity contribution in [2.45, 2.75) is 25.7 Å². The first kappa shape index (κ1) is 21.0. The van der Waals surface area contributed by atoms with Crippen LogP contribution in [-0.4, -0.2) is 59.7 Å². The maximum absolute atomic E-state index is 12.7. The van der Waals surface area contributed by atoms with Crippen LogP contribution in [0.4, 0.5) is 10.7 Å². The van der Waals surface area contributed by atoms with Gasteiger partial charge in [0.2, 0.25) is 22.6 Å². The molecule has 0 aliphatic carbocycles. The van der Waals surface area contributed by atoms with E-state index >= 15 is 0 Å². The number of amides is 2. The molecule has 0 spiro atoms. The topological polar surface area (TPSA) is 167 Å². The Morgan fingerprint density at radius 1 is 1.07 bits per heavy atom. The highest BCUT2D eigenvalue weighted by molar-refractivity contribution is 7.90. The van der Waals surface area contributed by atoms with E-state index < -0.39 is 20.9 Å². The number of aryl methyl sites for hydroxylation is 1. The highest BCUT2D eigenvalue weighted by atomic mass is 32.2. The fraction of sp³-hybridized carbons (Fsp3) is 0.429. The van der Waals surface area contributed by atoms with Crippen LogP contribution in [0.15, 0.2) is 11.2 Å². The third-order valence-corrected chi connectivity index (χ3v) is 4.27. The third-order valence-electron chi connectivity index (χ3n) is 2.93. The minimum Gasteiger partial charge on any atom is -0.477 e. The standard InChI is InChI=1S/C14H19N7O6S/c1-5-26-10-9(11(27-6-2)16-7-15-10)28(23,24)21-13(22)19-12-17-8(3)18-14(20-12)25-4/h7H,5-6H2,1-4H3,(H2,17,18,19,20,21,22). The Labute approximate surface area is 161 Å². The molecule has 13 nitrogen and oxygen atoms in total. The molecule has 0 atom stereocenters. The zero-order chi connectivity index (χ0) is 20.7. The van der Waals surface area contributed by atoms with E-state index in [1.807, 2.05) is 4.72 Å². The van der Waals surface area contributed by atoms with Gasteiger partial charge in [-0.1, -0.05) is 0 Å². The minimum absolute atomic E-state index is 0.0422. The second-order valence-corrected chi connectivity index (χ2v) is 6.55. The number of carbonyl (C=O) groups is 1. The molecule has 0 aliphatic rings. The average Bonchev–Trinajstić information content (AvgIpc) is 2.61. The summed E-state index contributed by atoms with van der Waals surface area (Å²) in [6.07, 6.45) is 1.09. The maximum Gasteiger partial charge on any atom is 0.335 e. The van der Waals surface area contributed by atoms with E-state index in [1.54, 1.807) is 20.8 Å². The number of hydrogen-bond donors (Lipinski definition) is 2. The SMILES string of the molecule is CCOc1ncnc(OCC)c1S(=O)(=O)NC(=O)Nc1nc(C)nc(OC)n1. The smallest absolute Gasteiger partial charge is 0.335 e. The minimum atomic E-state index is -4.45. The Kier molecular flexibility index (Phi) is 6.81. The summed E-state index contributed by atoms with van der Waals surface area (Å²) >= 11 is 0. The monoisotopic (exact) mass is 413 g/mol. The van der Waals surface area contributed by atoms with Crippen LogP contribution in [0.2, 0.25) is 0 Å². The summed E-state index contributed by atoms with van der Waals surface area (Å²) in [5.41, 5.74) is 0. The molecule has 2 N–H and O–H groups in total. The van der Waals surface area contributed by atoms with Crippen molar-refractivity contribution in [2.75, 3.05) is 25.6 Å². The van der Waals surface area contributed by atoms with Crippen LogP contribution in [0.25, 0.3) is 0 Å². The van der Waals surface area contributed by atoms with Gasteiger partial charge in [0, 0.05) is 0 Å². The number of urea groups is 1. The van der Waals surface area contributed by atoms with Crippen LogP contribution < -0.4 is 24.2 Å². The van der Waals surface area contributed by atoms with Gasteiger partial charge in [0.25, 0.3) is 10.0 Å². The first-order valence-corrected chi connectivity index (χ1v) is 9.50. The fourth-order valence-electron chi connectivity index (χ4n) is 1.96. The second kappa shape index (κ2) is 9.07. The molecule has 0 saturated carbocycles. The summed E-state index contributed by atoms with van der Waals surface area (Å²) in [6, 6.07) is -1.17. The summed E-state index contributed by atoms with van der Waals surface area (Å²) < 4.78 is 42.6. The van der Waals surface area contributed by atoms with E-state index in [0.29, 0.717) is 0 Å². The lowest BCUT2D eigenvalue weighted by Crippen LogP contribution is -2.35. The molecular weight excluding hydrogens is 394 g/mol. The number of anilines is 1. The van der Waals surface area contributed by atoms with Crippen LogP contribution in [0.1, 0.15) is 19.7 Å². The number of methoxy groups -OCH3 is 1. The molecule has 0 aromatic carbocycles. The Hall–Kier alpha value is -3.29. The van der Waals surface area contributed by atoms with Gasteiger partial charge in [-0.05, 0) is 20.8 Å². The zero-order valence-electron chi connectivity index (χ0n) is 15.6. The normalized spacial score (nSPS) is 10.9. The van der Waals surface area contributed by atoms with E-state index in [-0.39, 0.29) is 42.8 Å². The van der Waals surface area contributed by atoms with Gasteiger partial charge < -0.3 is 14.2 Å². The number of nitrogens with one attached hydrogen (secondary N) is 2. The number of ether oxygens (including phenoxy) is 3. The van der Waals surface area contributed by atoms with Gasteiger partial charge >= 0.3 is 12.0 Å². The lowest BCUT2D eigenvalue weighted by molar-refractivity contribution is 0.256. The van der Waals surface area contributed by atoms with Gasteiger partial charge in [-0.2, -0.15) is 15.0 Å². The van der Waals surface area contributed by atoms with Crippen LogP contribution >= 0.6 is 0 Å². The van der Waals surface area contributed by atoms with E-state index in [1.165, 1.54) is 7.11 Å². The number of hydrogen-bond acceptors (Lipinski definition) is 11. The Morgan fingerprint density at radius 3 is 2.21 bits per heavy atom. The molecule has 0 unspecified atom stereocenters. The molecule has 0 saturated heterocycles. The molecule has 2 aromatic heterocycles. The van der Waals surface area contributed by atoms with Gasteiger partial charge in [-0.3, -0.25) is 5.32 Å². The highest BCUT2D eigenvalue weighted by Crippen LogP contribution is 2.29. The van der Waals surface area contributed by atoms with Crippen molar-refractivity contribution >= 4 is 22.0 Å². The van der Waals surface area contributed by atoms with E-state index in [0.717, 1.165) is 6.33 Å². The molecule has 2 aromatic rings. The predicted octanol–water partition coefficient (Wildman–Crippen LogP) is 0.286. The summed E-state index contributed by atoms with van der Waals surface area (Å²) in [5, 5.41) is 2.19. The Morgan fingerprint density at radius 2 is 1.68 bits per heavy atom. The largest absolute Gasteiger partial charge is 0.477 e. The van der Waals surface area contributed by atoms with Crippen molar-refractivity contribution < 1.29 is 27.4 Å². The quantitative estimate of drug-likeness (QED) is 0.610. The summed E-state index contributed by atoms with van der Waals surface area (Å²) in [6.45, 7) is 5.13. The van der Waals surface area contributed by atoms with Crippen LogP contribution in [0.3, 0.4) is 0 Å². The molecule has 0 fully saturated rings. The van der Waals surface area contributed by atoms with Crippen molar-refractivity contribution in [1.82, 2.24) is 29.6 Å². The first-order chi connectivity index (χ1) is 13.3. The number of aromatic nitrogens is 5. The van der Waals surface area contributed by atoms with Crippen molar-refractivity contribution in [3.05, 3.63) is 12.2 Å². The van der Waals surface area contributed by atoms with E-state index in [4.69, 9.17) is 14.2 Å². The van der Waals surface area contributed by atoms with Crippen LogP contribution in [0, 0.1) is 6.92 Å². The highest BCUT2D eigenvalue weighted by Gasteiger charge is 2.30. The molecule has 2 rings (SSSR count). The number of sulfonamides is 1. The molecule has 14 heteroatoms. The van der Waals surface area contributed by atoms with E-state index in [2.05, 4.69) is 30.2 Å². The molecule has 0 aliphatic heterocycles. The van der Waals surface area contributed by atoms with E-state index in [9.17, 15) is 13.2 Å². The van der Waals surface area contributed by atoms with Crippen molar-refractivity contribution in [2.24, 2.45) is 0 Å². The van der Waals surface area contributed by atoms with Crippen LogP contribution in [0.5, 0.6) is 17.8 Å². The van der Waals surface area contributed by atoms with Gasteiger partial charge in [0.15, 0.2) is 0 Å². The number of carbonyl (C=O) groups excluding carboxylic acids is 1. The molecule has 0 radical (unpaired) electrons. The van der Waals surface area contributed by atoms with Crippen molar-refractivity contribution in [3.8, 4) is 17.8 Å². The summed E-state index contributed by atoms with van der Waals surface area (Å²) in [5.74, 6) is -0.437. The molecule has 2 amide bonds. The third kappa shape index (κ3) is 5.12. The molecule has 0 bridgehead atoms. The maximum atomic E-state index is 12.7. The van der Waals surface area contributed by atoms with Crippen molar-refractivity contribution in [1.29, 1.82) is 0 Å². The Bertz CT molecular complexity index is 929. The van der Waals surface area contributed by atoms with Gasteiger partial charge in [-0.25, -0.2) is 27.9 Å². The summed E-state index contributed by atoms with van der Waals surface area (Å²) in [4.78, 5) is 30.8. The number of nitrogens with zero attached hydrogens (tertiary/aromatic N) is 5.